The second-order valence-corrected chi connectivity index (χ2v) is 5.22. The molecule has 0 aliphatic rings. The zero-order valence-corrected chi connectivity index (χ0v) is 14.3. The minimum atomic E-state index is -0.474. The number of rotatable bonds is 5. The number of methoxy groups -OCH3 is 2. The van der Waals surface area contributed by atoms with Gasteiger partial charge < -0.3 is 18.7 Å². The van der Waals surface area contributed by atoms with E-state index in [1.54, 1.807) is 33.1 Å². The Balaban J connectivity index is 2.60. The first kappa shape index (κ1) is 16.4. The van der Waals surface area contributed by atoms with E-state index in [1.165, 1.54) is 7.11 Å². The molecule has 1 aromatic heterocycles. The predicted octanol–water partition coefficient (Wildman–Crippen LogP) is 3.61. The molecule has 0 saturated carbocycles. The summed E-state index contributed by atoms with van der Waals surface area (Å²) < 4.78 is 21.4. The number of benzene rings is 1. The van der Waals surface area contributed by atoms with E-state index in [2.05, 4.69) is 21.1 Å². The van der Waals surface area contributed by atoms with Crippen LogP contribution in [-0.4, -0.2) is 32.0 Å². The van der Waals surface area contributed by atoms with Crippen LogP contribution in [-0.2, 0) is 4.74 Å². The van der Waals surface area contributed by atoms with Crippen molar-refractivity contribution in [2.45, 2.75) is 13.8 Å². The molecule has 1 aromatic carbocycles. The van der Waals surface area contributed by atoms with E-state index in [9.17, 15) is 4.79 Å². The third kappa shape index (κ3) is 2.94. The summed E-state index contributed by atoms with van der Waals surface area (Å²) in [4.78, 5) is 12.1. The number of halogens is 1. The van der Waals surface area contributed by atoms with Gasteiger partial charge in [0.05, 0.1) is 20.8 Å². The number of nitrogens with zero attached hydrogens (tertiary/aromatic N) is 1. The molecular formula is C15H16BrNO5. The number of ether oxygens (including phenoxy) is 3. The lowest BCUT2D eigenvalue weighted by atomic mass is 10.1. The Labute approximate surface area is 136 Å². The maximum atomic E-state index is 12.1. The van der Waals surface area contributed by atoms with Gasteiger partial charge in [-0.2, -0.15) is 0 Å². The van der Waals surface area contributed by atoms with E-state index < -0.39 is 5.97 Å². The van der Waals surface area contributed by atoms with Gasteiger partial charge in [0.25, 0.3) is 0 Å². The lowest BCUT2D eigenvalue weighted by Crippen LogP contribution is -2.07. The van der Waals surface area contributed by atoms with E-state index in [0.29, 0.717) is 38.6 Å². The van der Waals surface area contributed by atoms with Crippen molar-refractivity contribution in [2.75, 3.05) is 20.8 Å². The molecule has 22 heavy (non-hydrogen) atoms. The van der Waals surface area contributed by atoms with Gasteiger partial charge in [0.2, 0.25) is 0 Å². The Bertz CT molecular complexity index is 695. The molecular weight excluding hydrogens is 354 g/mol. The lowest BCUT2D eigenvalue weighted by molar-refractivity contribution is 0.0525. The number of carbonyl (C=O) groups is 1. The number of aryl methyl sites for hydroxylation is 1. The van der Waals surface area contributed by atoms with Crippen LogP contribution in [0, 0.1) is 6.92 Å². The van der Waals surface area contributed by atoms with E-state index in [1.807, 2.05) is 0 Å². The maximum Gasteiger partial charge on any atom is 0.344 e. The summed E-state index contributed by atoms with van der Waals surface area (Å²) in [6.45, 7) is 3.68. The highest BCUT2D eigenvalue weighted by Gasteiger charge is 2.25. The fraction of sp³-hybridized carbons (Fsp3) is 0.333. The second kappa shape index (κ2) is 6.83. The van der Waals surface area contributed by atoms with Crippen LogP contribution >= 0.6 is 15.9 Å². The monoisotopic (exact) mass is 369 g/mol. The molecule has 0 fully saturated rings. The molecule has 6 nitrogen and oxygen atoms in total. The van der Waals surface area contributed by atoms with Crippen molar-refractivity contribution in [3.63, 3.8) is 0 Å². The summed E-state index contributed by atoms with van der Waals surface area (Å²) in [6, 6.07) is 3.47. The molecule has 0 unspecified atom stereocenters. The molecule has 0 amide bonds. The van der Waals surface area contributed by atoms with Gasteiger partial charge in [0.1, 0.15) is 17.0 Å². The van der Waals surface area contributed by atoms with Crippen LogP contribution in [0.2, 0.25) is 0 Å². The fourth-order valence-electron chi connectivity index (χ4n) is 2.04. The zero-order chi connectivity index (χ0) is 16.3. The van der Waals surface area contributed by atoms with Gasteiger partial charge >= 0.3 is 5.97 Å². The molecule has 0 aliphatic carbocycles. The quantitative estimate of drug-likeness (QED) is 0.749. The third-order valence-corrected chi connectivity index (χ3v) is 3.73. The Morgan fingerprint density at radius 3 is 2.50 bits per heavy atom. The highest BCUT2D eigenvalue weighted by molar-refractivity contribution is 9.10. The number of hydrogen-bond acceptors (Lipinski definition) is 6. The zero-order valence-electron chi connectivity index (χ0n) is 12.7. The topological polar surface area (TPSA) is 70.8 Å². The van der Waals surface area contributed by atoms with Gasteiger partial charge in [-0.1, -0.05) is 5.16 Å². The molecule has 0 spiro atoms. The Morgan fingerprint density at radius 2 is 1.91 bits per heavy atom. The molecule has 2 rings (SSSR count). The van der Waals surface area contributed by atoms with Crippen molar-refractivity contribution >= 4 is 21.9 Å². The number of esters is 1. The molecule has 1 heterocycles. The molecule has 0 atom stereocenters. The molecule has 0 radical (unpaired) electrons. The van der Waals surface area contributed by atoms with Gasteiger partial charge in [-0.3, -0.25) is 0 Å². The standard InChI is InChI=1S/C15H16BrNO5/c1-5-21-15(18)13-8(2)22-17-14(13)9-6-11(19-3)12(20-4)7-10(9)16/h6-7H,5H2,1-4H3. The van der Waals surface area contributed by atoms with Gasteiger partial charge in [-0.15, -0.1) is 0 Å². The van der Waals surface area contributed by atoms with Crippen LogP contribution in [0.4, 0.5) is 0 Å². The van der Waals surface area contributed by atoms with Gasteiger partial charge in [0, 0.05) is 10.0 Å². The first-order valence-electron chi connectivity index (χ1n) is 6.58. The van der Waals surface area contributed by atoms with Crippen molar-refractivity contribution in [3.8, 4) is 22.8 Å². The van der Waals surface area contributed by atoms with Crippen LogP contribution in [0.1, 0.15) is 23.0 Å². The van der Waals surface area contributed by atoms with Crippen molar-refractivity contribution in [1.82, 2.24) is 5.16 Å². The lowest BCUT2D eigenvalue weighted by Gasteiger charge is -2.11. The van der Waals surface area contributed by atoms with Crippen molar-refractivity contribution in [3.05, 3.63) is 27.9 Å². The summed E-state index contributed by atoms with van der Waals surface area (Å²) >= 11 is 3.45. The Hall–Kier alpha value is -2.02. The first-order valence-corrected chi connectivity index (χ1v) is 7.38. The summed E-state index contributed by atoms with van der Waals surface area (Å²) in [5.41, 5.74) is 1.34. The van der Waals surface area contributed by atoms with Crippen molar-refractivity contribution in [1.29, 1.82) is 0 Å². The molecule has 0 saturated heterocycles. The largest absolute Gasteiger partial charge is 0.493 e. The molecule has 0 N–H and O–H groups in total. The second-order valence-electron chi connectivity index (χ2n) is 4.37. The Morgan fingerprint density at radius 1 is 1.27 bits per heavy atom. The van der Waals surface area contributed by atoms with E-state index >= 15 is 0 Å². The minimum absolute atomic E-state index is 0.274. The van der Waals surface area contributed by atoms with E-state index in [0.717, 1.165) is 0 Å². The summed E-state index contributed by atoms with van der Waals surface area (Å²) in [7, 11) is 3.09. The molecule has 0 aliphatic heterocycles. The van der Waals surface area contributed by atoms with E-state index in [-0.39, 0.29) is 6.61 Å². The molecule has 0 bridgehead atoms. The summed E-state index contributed by atoms with van der Waals surface area (Å²) in [5, 5.41) is 3.98. The molecule has 2 aromatic rings. The predicted molar refractivity (Wildman–Crippen MR) is 83.4 cm³/mol. The first-order chi connectivity index (χ1) is 10.5. The average molecular weight is 370 g/mol. The molecule has 118 valence electrons. The number of aromatic nitrogens is 1. The summed E-state index contributed by atoms with van der Waals surface area (Å²) in [5.74, 6) is 1.01. The average Bonchev–Trinajstić information content (AvgIpc) is 2.88. The van der Waals surface area contributed by atoms with E-state index in [4.69, 9.17) is 18.7 Å². The van der Waals surface area contributed by atoms with Crippen LogP contribution in [0.15, 0.2) is 21.1 Å². The number of carbonyl (C=O) groups excluding carboxylic acids is 1. The maximum absolute atomic E-state index is 12.1. The van der Waals surface area contributed by atoms with Crippen molar-refractivity contribution < 1.29 is 23.5 Å². The smallest absolute Gasteiger partial charge is 0.344 e. The highest BCUT2D eigenvalue weighted by atomic mass is 79.9. The van der Waals surface area contributed by atoms with Crippen LogP contribution < -0.4 is 9.47 Å². The normalized spacial score (nSPS) is 10.4. The minimum Gasteiger partial charge on any atom is -0.493 e. The highest BCUT2D eigenvalue weighted by Crippen LogP contribution is 2.39. The van der Waals surface area contributed by atoms with Gasteiger partial charge in [0.15, 0.2) is 11.5 Å². The Kier molecular flexibility index (Phi) is 5.07. The van der Waals surface area contributed by atoms with Crippen LogP contribution in [0.3, 0.4) is 0 Å². The van der Waals surface area contributed by atoms with Crippen LogP contribution in [0.25, 0.3) is 11.3 Å². The van der Waals surface area contributed by atoms with Crippen molar-refractivity contribution in [2.24, 2.45) is 0 Å². The molecule has 7 heteroatoms. The van der Waals surface area contributed by atoms with Gasteiger partial charge in [-0.05, 0) is 41.9 Å². The SMILES string of the molecule is CCOC(=O)c1c(-c2cc(OC)c(OC)cc2Br)noc1C. The number of hydrogen-bond donors (Lipinski definition) is 0. The summed E-state index contributed by atoms with van der Waals surface area (Å²) in [6.07, 6.45) is 0. The van der Waals surface area contributed by atoms with Gasteiger partial charge in [-0.25, -0.2) is 4.79 Å². The third-order valence-electron chi connectivity index (χ3n) is 3.07. The van der Waals surface area contributed by atoms with Crippen LogP contribution in [0.5, 0.6) is 11.5 Å². The fourth-order valence-corrected chi connectivity index (χ4v) is 2.55.